The summed E-state index contributed by atoms with van der Waals surface area (Å²) in [5.41, 5.74) is 8.70. The molecule has 44 heavy (non-hydrogen) atoms. The van der Waals surface area contributed by atoms with E-state index in [0.29, 0.717) is 0 Å². The summed E-state index contributed by atoms with van der Waals surface area (Å²) in [5.74, 6) is 1.000. The van der Waals surface area contributed by atoms with Crippen molar-refractivity contribution in [2.24, 2.45) is 4.99 Å². The molecule has 2 atom stereocenters. The van der Waals surface area contributed by atoms with Gasteiger partial charge in [-0.15, -0.1) is 0 Å². The number of quaternary nitrogens is 1. The first-order valence-corrected chi connectivity index (χ1v) is 15.0. The van der Waals surface area contributed by atoms with Gasteiger partial charge < -0.3 is 8.98 Å². The summed E-state index contributed by atoms with van der Waals surface area (Å²) in [6.45, 7) is 0. The van der Waals surface area contributed by atoms with Crippen molar-refractivity contribution in [2.75, 3.05) is 0 Å². The Kier molecular flexibility index (Phi) is 5.73. The van der Waals surface area contributed by atoms with Crippen molar-refractivity contribution in [1.29, 1.82) is 0 Å². The van der Waals surface area contributed by atoms with Gasteiger partial charge in [0.15, 0.2) is 6.17 Å². The minimum absolute atomic E-state index is 0.0356. The molecule has 5 heteroatoms. The molecule has 3 heterocycles. The summed E-state index contributed by atoms with van der Waals surface area (Å²) in [6.07, 6.45) is -0.175. The van der Waals surface area contributed by atoms with Crippen LogP contribution in [0.1, 0.15) is 29.0 Å². The predicted molar refractivity (Wildman–Crippen MR) is 178 cm³/mol. The van der Waals surface area contributed by atoms with Crippen molar-refractivity contribution in [3.05, 3.63) is 162 Å². The third kappa shape index (κ3) is 4.06. The van der Waals surface area contributed by atoms with Crippen LogP contribution in [0.15, 0.2) is 155 Å². The van der Waals surface area contributed by atoms with Gasteiger partial charge in [0.2, 0.25) is 5.84 Å². The van der Waals surface area contributed by atoms with Gasteiger partial charge in [-0.1, -0.05) is 97.1 Å². The van der Waals surface area contributed by atoms with E-state index in [9.17, 15) is 0 Å². The summed E-state index contributed by atoms with van der Waals surface area (Å²) in [5, 5.41) is 10.7. The highest BCUT2D eigenvalue weighted by Gasteiger charge is 2.29. The number of hydrogen-bond donors (Lipinski definition) is 2. The van der Waals surface area contributed by atoms with Crippen LogP contribution in [-0.4, -0.2) is 10.4 Å². The molecule has 0 amide bonds. The summed E-state index contributed by atoms with van der Waals surface area (Å²) >= 11 is 0. The number of fused-ring (bicyclic) bond motifs is 6. The molecule has 2 unspecified atom stereocenters. The standard InChI is InChI=1S/C39H28N4O/c1-3-12-25(13-4-1)37-40-38(26-14-5-2-6-15-26)42-39(41-37)27-16-11-17-28(22-27)43-33-20-9-7-18-29(33)31-24-36-32(23-34(31)43)30-19-8-10-21-35(30)44-36/h1-24,37,39,41H,(H,40,42)/p+1. The number of amidine groups is 1. The largest absolute Gasteiger partial charge is 0.456 e. The van der Waals surface area contributed by atoms with Crippen LogP contribution in [0.4, 0.5) is 0 Å². The lowest BCUT2D eigenvalue weighted by atomic mass is 10.1. The first-order valence-electron chi connectivity index (χ1n) is 15.0. The van der Waals surface area contributed by atoms with E-state index < -0.39 is 0 Å². The Labute approximate surface area is 254 Å². The molecule has 9 rings (SSSR count). The van der Waals surface area contributed by atoms with Gasteiger partial charge in [0.1, 0.15) is 17.3 Å². The van der Waals surface area contributed by atoms with Crippen LogP contribution in [0.5, 0.6) is 0 Å². The Balaban J connectivity index is 1.22. The first kappa shape index (κ1) is 25.0. The van der Waals surface area contributed by atoms with Crippen molar-refractivity contribution in [1.82, 2.24) is 9.88 Å². The minimum Gasteiger partial charge on any atom is -0.456 e. The molecule has 0 radical (unpaired) electrons. The third-order valence-corrected chi connectivity index (χ3v) is 8.77. The number of aliphatic imine (C=N–C) groups is 1. The topological polar surface area (TPSA) is 59.1 Å². The van der Waals surface area contributed by atoms with E-state index in [0.717, 1.165) is 55.6 Å². The monoisotopic (exact) mass is 569 g/mol. The van der Waals surface area contributed by atoms with Crippen LogP contribution in [0.3, 0.4) is 0 Å². The zero-order valence-electron chi connectivity index (χ0n) is 23.9. The Bertz CT molecular complexity index is 2350. The molecular formula is C39H29N4O+. The zero-order valence-corrected chi connectivity index (χ0v) is 23.9. The molecule has 0 spiro atoms. The third-order valence-electron chi connectivity index (χ3n) is 8.77. The molecule has 3 N–H and O–H groups in total. The fraction of sp³-hybridized carbons (Fsp3) is 0.0513. The lowest BCUT2D eigenvalue weighted by molar-refractivity contribution is -0.600. The fourth-order valence-corrected chi connectivity index (χ4v) is 6.70. The lowest BCUT2D eigenvalue weighted by Gasteiger charge is -2.28. The second kappa shape index (κ2) is 10.1. The van der Waals surface area contributed by atoms with E-state index in [1.54, 1.807) is 0 Å². The van der Waals surface area contributed by atoms with Crippen LogP contribution in [0.25, 0.3) is 49.4 Å². The maximum absolute atomic E-state index is 6.28. The van der Waals surface area contributed by atoms with Gasteiger partial charge in [0.05, 0.1) is 16.6 Å². The SMILES string of the molecule is c1ccc(C2=NC(c3cccc(-n4c5ccccc5c5cc6oc7ccccc7c6cc54)c3)NC(c3ccccc3)[NH2+]2)cc1. The maximum atomic E-state index is 6.28. The minimum atomic E-state index is -0.210. The van der Waals surface area contributed by atoms with Crippen molar-refractivity contribution < 1.29 is 9.73 Å². The quantitative estimate of drug-likeness (QED) is 0.226. The first-order chi connectivity index (χ1) is 21.8. The van der Waals surface area contributed by atoms with Gasteiger partial charge in [-0.2, -0.15) is 0 Å². The van der Waals surface area contributed by atoms with Crippen LogP contribution in [-0.2, 0) is 0 Å². The number of nitrogens with zero attached hydrogens (tertiary/aromatic N) is 2. The molecule has 0 bridgehead atoms. The molecule has 0 saturated heterocycles. The molecule has 210 valence electrons. The van der Waals surface area contributed by atoms with Gasteiger partial charge in [-0.3, -0.25) is 5.32 Å². The van der Waals surface area contributed by atoms with E-state index in [4.69, 9.17) is 9.41 Å². The average Bonchev–Trinajstić information content (AvgIpc) is 3.62. The molecular weight excluding hydrogens is 540 g/mol. The van der Waals surface area contributed by atoms with Gasteiger partial charge in [0.25, 0.3) is 0 Å². The predicted octanol–water partition coefficient (Wildman–Crippen LogP) is 7.99. The Morgan fingerprint density at radius 2 is 1.30 bits per heavy atom. The Hall–Kier alpha value is -5.49. The summed E-state index contributed by atoms with van der Waals surface area (Å²) in [7, 11) is 0. The molecule has 1 aliphatic rings. The number of aromatic nitrogens is 1. The molecule has 1 aliphatic heterocycles. The van der Waals surface area contributed by atoms with Crippen LogP contribution in [0, 0.1) is 0 Å². The van der Waals surface area contributed by atoms with E-state index in [1.807, 2.05) is 18.2 Å². The molecule has 8 aromatic rings. The number of rotatable bonds is 4. The number of para-hydroxylation sites is 2. The van der Waals surface area contributed by atoms with E-state index in [2.05, 4.69) is 143 Å². The molecule has 0 aliphatic carbocycles. The normalized spacial score (nSPS) is 17.0. The van der Waals surface area contributed by atoms with Crippen molar-refractivity contribution >= 4 is 49.6 Å². The summed E-state index contributed by atoms with van der Waals surface area (Å²) < 4.78 is 8.66. The average molecular weight is 570 g/mol. The van der Waals surface area contributed by atoms with Gasteiger partial charge in [-0.05, 0) is 54.1 Å². The van der Waals surface area contributed by atoms with E-state index in [-0.39, 0.29) is 12.3 Å². The highest BCUT2D eigenvalue weighted by atomic mass is 16.3. The number of furan rings is 1. The summed E-state index contributed by atoms with van der Waals surface area (Å²) in [6, 6.07) is 51.2. The van der Waals surface area contributed by atoms with Gasteiger partial charge >= 0.3 is 0 Å². The number of nitrogens with two attached hydrogens (primary N) is 1. The second-order valence-corrected chi connectivity index (χ2v) is 11.4. The zero-order chi connectivity index (χ0) is 29.0. The fourth-order valence-electron chi connectivity index (χ4n) is 6.70. The van der Waals surface area contributed by atoms with Crippen molar-refractivity contribution in [3.8, 4) is 5.69 Å². The number of nitrogens with one attached hydrogen (secondary N) is 1. The van der Waals surface area contributed by atoms with Crippen LogP contribution in [0.2, 0.25) is 0 Å². The van der Waals surface area contributed by atoms with E-state index in [1.165, 1.54) is 16.3 Å². The Morgan fingerprint density at radius 3 is 2.16 bits per heavy atom. The van der Waals surface area contributed by atoms with Crippen molar-refractivity contribution in [2.45, 2.75) is 12.3 Å². The molecule has 2 aromatic heterocycles. The molecule has 0 saturated carbocycles. The number of hydrogen-bond acceptors (Lipinski definition) is 3. The highest BCUT2D eigenvalue weighted by molar-refractivity contribution is 6.17. The molecule has 5 nitrogen and oxygen atoms in total. The molecule has 6 aromatic carbocycles. The van der Waals surface area contributed by atoms with Crippen LogP contribution < -0.4 is 10.6 Å². The van der Waals surface area contributed by atoms with Gasteiger partial charge in [-0.25, -0.2) is 10.3 Å². The second-order valence-electron chi connectivity index (χ2n) is 11.4. The number of benzene rings is 6. The summed E-state index contributed by atoms with van der Waals surface area (Å²) in [4.78, 5) is 5.24. The molecule has 0 fully saturated rings. The van der Waals surface area contributed by atoms with E-state index >= 15 is 0 Å². The maximum Gasteiger partial charge on any atom is 0.230 e. The lowest BCUT2D eigenvalue weighted by Crippen LogP contribution is -2.93. The van der Waals surface area contributed by atoms with Gasteiger partial charge in [0, 0.05) is 32.8 Å². The van der Waals surface area contributed by atoms with Crippen LogP contribution >= 0.6 is 0 Å². The Morgan fingerprint density at radius 1 is 0.568 bits per heavy atom. The smallest absolute Gasteiger partial charge is 0.230 e. The van der Waals surface area contributed by atoms with Crippen molar-refractivity contribution in [3.63, 3.8) is 0 Å². The highest BCUT2D eigenvalue weighted by Crippen LogP contribution is 2.38.